The lowest BCUT2D eigenvalue weighted by atomic mass is 10.0. The van der Waals surface area contributed by atoms with Crippen molar-refractivity contribution < 1.29 is 8.42 Å². The molecule has 1 heterocycles. The second-order valence-electron chi connectivity index (χ2n) is 6.56. The number of rotatable bonds is 7. The van der Waals surface area contributed by atoms with Gasteiger partial charge in [0, 0.05) is 38.8 Å². The van der Waals surface area contributed by atoms with Gasteiger partial charge in [-0.25, -0.2) is 13.1 Å². The molecule has 0 aromatic heterocycles. The molecule has 2 aromatic carbocycles. The third-order valence-corrected chi connectivity index (χ3v) is 6.44. The van der Waals surface area contributed by atoms with Crippen molar-refractivity contribution >= 4 is 10.0 Å². The average Bonchev–Trinajstić information content (AvgIpc) is 2.70. The van der Waals surface area contributed by atoms with Crippen LogP contribution in [-0.2, 0) is 10.0 Å². The Morgan fingerprint density at radius 3 is 2.08 bits per heavy atom. The van der Waals surface area contributed by atoms with E-state index in [1.54, 1.807) is 24.3 Å². The zero-order chi connectivity index (χ0) is 18.4. The van der Waals surface area contributed by atoms with E-state index in [1.165, 1.54) is 0 Å². The number of nitrogens with one attached hydrogen (secondary N) is 1. The Balaban J connectivity index is 1.74. The first kappa shape index (κ1) is 19.0. The van der Waals surface area contributed by atoms with E-state index in [1.807, 2.05) is 24.3 Å². The lowest BCUT2D eigenvalue weighted by molar-refractivity contribution is 0.100. The highest BCUT2D eigenvalue weighted by Gasteiger charge is 2.26. The topological polar surface area (TPSA) is 52.6 Å². The van der Waals surface area contributed by atoms with Gasteiger partial charge >= 0.3 is 0 Å². The van der Waals surface area contributed by atoms with Gasteiger partial charge in [-0.2, -0.15) is 0 Å². The van der Waals surface area contributed by atoms with Crippen molar-refractivity contribution in [1.82, 2.24) is 14.5 Å². The summed E-state index contributed by atoms with van der Waals surface area (Å²) in [6.07, 6.45) is 0. The van der Waals surface area contributed by atoms with Crippen LogP contribution in [-0.4, -0.2) is 57.5 Å². The van der Waals surface area contributed by atoms with Crippen LogP contribution in [0.4, 0.5) is 0 Å². The lowest BCUT2D eigenvalue weighted by Crippen LogP contribution is -2.49. The monoisotopic (exact) mass is 373 g/mol. The first-order valence-electron chi connectivity index (χ1n) is 9.16. The van der Waals surface area contributed by atoms with Gasteiger partial charge in [-0.05, 0) is 24.2 Å². The SMILES string of the molecule is CCN1CCN(C(CNS(=O)(=O)c2ccccc2)c2ccccc2)CC1. The van der Waals surface area contributed by atoms with Crippen molar-refractivity contribution in [3.63, 3.8) is 0 Å². The van der Waals surface area contributed by atoms with Crippen LogP contribution in [0.25, 0.3) is 0 Å². The number of benzene rings is 2. The summed E-state index contributed by atoms with van der Waals surface area (Å²) in [6.45, 7) is 7.54. The van der Waals surface area contributed by atoms with E-state index < -0.39 is 10.0 Å². The highest BCUT2D eigenvalue weighted by atomic mass is 32.2. The van der Waals surface area contributed by atoms with Gasteiger partial charge in [-0.1, -0.05) is 55.5 Å². The van der Waals surface area contributed by atoms with Crippen LogP contribution in [0.5, 0.6) is 0 Å². The number of nitrogens with zero attached hydrogens (tertiary/aromatic N) is 2. The summed E-state index contributed by atoms with van der Waals surface area (Å²) >= 11 is 0. The van der Waals surface area contributed by atoms with E-state index in [2.05, 4.69) is 33.6 Å². The summed E-state index contributed by atoms with van der Waals surface area (Å²) in [6, 6.07) is 18.8. The van der Waals surface area contributed by atoms with E-state index in [-0.39, 0.29) is 6.04 Å². The van der Waals surface area contributed by atoms with E-state index in [9.17, 15) is 8.42 Å². The maximum Gasteiger partial charge on any atom is 0.240 e. The minimum absolute atomic E-state index is 0.0358. The van der Waals surface area contributed by atoms with E-state index in [0.717, 1.165) is 38.3 Å². The number of sulfonamides is 1. The number of likely N-dealkylation sites (N-methyl/N-ethyl adjacent to an activating group) is 1. The Morgan fingerprint density at radius 1 is 0.923 bits per heavy atom. The van der Waals surface area contributed by atoms with Crippen molar-refractivity contribution in [2.24, 2.45) is 0 Å². The summed E-state index contributed by atoms with van der Waals surface area (Å²) in [4.78, 5) is 5.12. The summed E-state index contributed by atoms with van der Waals surface area (Å²) in [5, 5.41) is 0. The molecule has 1 aliphatic heterocycles. The summed E-state index contributed by atoms with van der Waals surface area (Å²) in [7, 11) is -3.50. The third kappa shape index (κ3) is 4.71. The van der Waals surface area contributed by atoms with Crippen LogP contribution in [0.15, 0.2) is 65.6 Å². The van der Waals surface area contributed by atoms with Gasteiger partial charge in [-0.15, -0.1) is 0 Å². The van der Waals surface area contributed by atoms with E-state index in [4.69, 9.17) is 0 Å². The molecule has 1 aliphatic rings. The van der Waals surface area contributed by atoms with Crippen molar-refractivity contribution in [2.75, 3.05) is 39.3 Å². The molecule has 5 nitrogen and oxygen atoms in total. The summed E-state index contributed by atoms with van der Waals surface area (Å²) < 4.78 is 28.0. The van der Waals surface area contributed by atoms with Crippen LogP contribution in [0, 0.1) is 0 Å². The van der Waals surface area contributed by atoms with Crippen molar-refractivity contribution in [2.45, 2.75) is 17.9 Å². The molecule has 3 rings (SSSR count). The second kappa shape index (κ2) is 8.77. The first-order valence-corrected chi connectivity index (χ1v) is 10.6. The van der Waals surface area contributed by atoms with Crippen LogP contribution in [0.2, 0.25) is 0 Å². The Bertz CT molecular complexity index is 773. The Morgan fingerprint density at radius 2 is 1.50 bits per heavy atom. The van der Waals surface area contributed by atoms with Crippen molar-refractivity contribution in [3.05, 3.63) is 66.2 Å². The maximum absolute atomic E-state index is 12.6. The quantitative estimate of drug-likeness (QED) is 0.809. The number of piperazine rings is 1. The van der Waals surface area contributed by atoms with E-state index in [0.29, 0.717) is 11.4 Å². The van der Waals surface area contributed by atoms with Gasteiger partial charge in [0.05, 0.1) is 4.90 Å². The second-order valence-corrected chi connectivity index (χ2v) is 8.33. The zero-order valence-corrected chi connectivity index (χ0v) is 16.0. The van der Waals surface area contributed by atoms with Gasteiger partial charge in [-0.3, -0.25) is 4.90 Å². The molecule has 6 heteroatoms. The molecule has 2 aromatic rings. The molecular formula is C20H27N3O2S. The predicted molar refractivity (Wildman–Crippen MR) is 105 cm³/mol. The fraction of sp³-hybridized carbons (Fsp3) is 0.400. The van der Waals surface area contributed by atoms with Gasteiger partial charge in [0.2, 0.25) is 10.0 Å². The molecule has 0 aliphatic carbocycles. The summed E-state index contributed by atoms with van der Waals surface area (Å²) in [5.74, 6) is 0. The largest absolute Gasteiger partial charge is 0.301 e. The van der Waals surface area contributed by atoms with Crippen molar-refractivity contribution in [3.8, 4) is 0 Å². The molecule has 0 spiro atoms. The van der Waals surface area contributed by atoms with Crippen LogP contribution in [0.3, 0.4) is 0 Å². The fourth-order valence-corrected chi connectivity index (χ4v) is 4.46. The zero-order valence-electron chi connectivity index (χ0n) is 15.2. The van der Waals surface area contributed by atoms with Gasteiger partial charge < -0.3 is 4.90 Å². The smallest absolute Gasteiger partial charge is 0.240 e. The first-order chi connectivity index (χ1) is 12.6. The molecule has 140 valence electrons. The summed E-state index contributed by atoms with van der Waals surface area (Å²) in [5.41, 5.74) is 1.15. The number of hydrogen-bond acceptors (Lipinski definition) is 4. The van der Waals surface area contributed by atoms with Gasteiger partial charge in [0.15, 0.2) is 0 Å². The average molecular weight is 374 g/mol. The standard InChI is InChI=1S/C20H27N3O2S/c1-2-22-13-15-23(16-14-22)20(18-9-5-3-6-10-18)17-21-26(24,25)19-11-7-4-8-12-19/h3-12,20-21H,2,13-17H2,1H3. The molecule has 0 bridgehead atoms. The molecule has 0 amide bonds. The molecule has 0 saturated carbocycles. The normalized spacial score (nSPS) is 17.9. The molecule has 0 radical (unpaired) electrons. The molecule has 26 heavy (non-hydrogen) atoms. The predicted octanol–water partition coefficient (Wildman–Crippen LogP) is 2.34. The number of hydrogen-bond donors (Lipinski definition) is 1. The molecule has 1 unspecified atom stereocenters. The highest BCUT2D eigenvalue weighted by molar-refractivity contribution is 7.89. The Hall–Kier alpha value is -1.73. The maximum atomic E-state index is 12.6. The molecular weight excluding hydrogens is 346 g/mol. The fourth-order valence-electron chi connectivity index (χ4n) is 3.40. The molecule has 1 fully saturated rings. The van der Waals surface area contributed by atoms with Crippen molar-refractivity contribution in [1.29, 1.82) is 0 Å². The minimum atomic E-state index is -3.50. The molecule has 1 atom stereocenters. The Labute approximate surface area is 156 Å². The minimum Gasteiger partial charge on any atom is -0.301 e. The lowest BCUT2D eigenvalue weighted by Gasteiger charge is -2.39. The van der Waals surface area contributed by atoms with Crippen LogP contribution in [0.1, 0.15) is 18.5 Å². The molecule has 1 saturated heterocycles. The van der Waals surface area contributed by atoms with E-state index >= 15 is 0 Å². The highest BCUT2D eigenvalue weighted by Crippen LogP contribution is 2.22. The van der Waals surface area contributed by atoms with Gasteiger partial charge in [0.1, 0.15) is 0 Å². The van der Waals surface area contributed by atoms with Crippen LogP contribution >= 0.6 is 0 Å². The third-order valence-electron chi connectivity index (χ3n) is 5.00. The molecule has 1 N–H and O–H groups in total. The Kier molecular flexibility index (Phi) is 6.43. The van der Waals surface area contributed by atoms with Gasteiger partial charge in [0.25, 0.3) is 0 Å². The van der Waals surface area contributed by atoms with Crippen LogP contribution < -0.4 is 4.72 Å².